The zero-order valence-electron chi connectivity index (χ0n) is 11.8. The second-order valence-corrected chi connectivity index (χ2v) is 4.46. The highest BCUT2D eigenvalue weighted by Gasteiger charge is 2.40. The number of likely N-dealkylation sites (N-methyl/N-ethyl adjacent to an activating group) is 1. The van der Waals surface area contributed by atoms with Gasteiger partial charge in [0.15, 0.2) is 5.60 Å². The van der Waals surface area contributed by atoms with Crippen LogP contribution in [0.2, 0.25) is 0 Å². The first-order valence-corrected chi connectivity index (χ1v) is 6.41. The Labute approximate surface area is 117 Å². The van der Waals surface area contributed by atoms with E-state index in [9.17, 15) is 19.5 Å². The number of nitrogens with one attached hydrogen (secondary N) is 1. The molecule has 0 bridgehead atoms. The predicted octanol–water partition coefficient (Wildman–Crippen LogP) is -0.875. The summed E-state index contributed by atoms with van der Waals surface area (Å²) in [6.07, 6.45) is -1.81. The third-order valence-corrected chi connectivity index (χ3v) is 2.94. The highest BCUT2D eigenvalue weighted by molar-refractivity contribution is 5.90. The fraction of sp³-hybridized carbons (Fsp3) is 0.750. The van der Waals surface area contributed by atoms with E-state index in [-0.39, 0.29) is 0 Å². The molecule has 8 heteroatoms. The fourth-order valence-corrected chi connectivity index (χ4v) is 1.69. The van der Waals surface area contributed by atoms with Crippen molar-refractivity contribution >= 4 is 17.8 Å². The third-order valence-electron chi connectivity index (χ3n) is 2.94. The first-order chi connectivity index (χ1) is 9.25. The number of hydrogen-bond acceptors (Lipinski definition) is 5. The van der Waals surface area contributed by atoms with Gasteiger partial charge >= 0.3 is 11.9 Å². The highest BCUT2D eigenvalue weighted by atomic mass is 16.4. The highest BCUT2D eigenvalue weighted by Crippen LogP contribution is 2.15. The van der Waals surface area contributed by atoms with Gasteiger partial charge in [-0.1, -0.05) is 13.8 Å². The van der Waals surface area contributed by atoms with E-state index in [4.69, 9.17) is 10.2 Å². The van der Waals surface area contributed by atoms with Gasteiger partial charge in [-0.3, -0.25) is 9.59 Å². The Morgan fingerprint density at radius 3 is 2.05 bits per heavy atom. The summed E-state index contributed by atoms with van der Waals surface area (Å²) in [5.74, 6) is -3.90. The number of nitrogens with zero attached hydrogens (tertiary/aromatic N) is 1. The Morgan fingerprint density at radius 1 is 1.10 bits per heavy atom. The molecule has 0 heterocycles. The lowest BCUT2D eigenvalue weighted by molar-refractivity contribution is -0.167. The van der Waals surface area contributed by atoms with Crippen LogP contribution in [0.25, 0.3) is 0 Å². The first kappa shape index (κ1) is 18.3. The predicted molar refractivity (Wildman–Crippen MR) is 70.3 cm³/mol. The van der Waals surface area contributed by atoms with Crippen molar-refractivity contribution in [3.05, 3.63) is 0 Å². The number of aliphatic hydroxyl groups is 1. The largest absolute Gasteiger partial charge is 0.481 e. The minimum Gasteiger partial charge on any atom is -0.481 e. The van der Waals surface area contributed by atoms with E-state index >= 15 is 0 Å². The van der Waals surface area contributed by atoms with Crippen molar-refractivity contribution in [2.24, 2.45) is 0 Å². The molecule has 0 aliphatic carbocycles. The summed E-state index contributed by atoms with van der Waals surface area (Å²) in [5, 5.41) is 29.5. The monoisotopic (exact) mass is 290 g/mol. The number of carbonyl (C=O) groups excluding carboxylic acids is 1. The normalized spacial score (nSPS) is 13.8. The van der Waals surface area contributed by atoms with E-state index in [1.807, 2.05) is 13.8 Å². The molecule has 0 rings (SSSR count). The van der Waals surface area contributed by atoms with E-state index < -0.39 is 36.3 Å². The average Bonchev–Trinajstić information content (AvgIpc) is 2.33. The number of amides is 1. The van der Waals surface area contributed by atoms with E-state index in [0.717, 1.165) is 13.1 Å². The summed E-state index contributed by atoms with van der Waals surface area (Å²) in [4.78, 5) is 35.0. The molecule has 0 saturated carbocycles. The molecule has 0 aromatic carbocycles. The van der Waals surface area contributed by atoms with Crippen molar-refractivity contribution in [2.75, 3.05) is 26.2 Å². The van der Waals surface area contributed by atoms with E-state index in [0.29, 0.717) is 13.1 Å². The lowest BCUT2D eigenvalue weighted by atomic mass is 9.95. The molecule has 0 fully saturated rings. The molecule has 0 aliphatic rings. The van der Waals surface area contributed by atoms with Crippen molar-refractivity contribution in [2.45, 2.75) is 32.3 Å². The molecule has 0 spiro atoms. The van der Waals surface area contributed by atoms with Crippen LogP contribution < -0.4 is 5.32 Å². The van der Waals surface area contributed by atoms with Gasteiger partial charge in [-0.25, -0.2) is 4.79 Å². The summed E-state index contributed by atoms with van der Waals surface area (Å²) < 4.78 is 0. The van der Waals surface area contributed by atoms with Crippen LogP contribution in [0.4, 0.5) is 0 Å². The number of carbonyl (C=O) groups is 3. The van der Waals surface area contributed by atoms with Crippen LogP contribution in [-0.4, -0.2) is 69.8 Å². The first-order valence-electron chi connectivity index (χ1n) is 6.41. The van der Waals surface area contributed by atoms with Crippen LogP contribution in [0.3, 0.4) is 0 Å². The van der Waals surface area contributed by atoms with Crippen molar-refractivity contribution in [1.29, 1.82) is 0 Å². The van der Waals surface area contributed by atoms with Gasteiger partial charge < -0.3 is 25.5 Å². The summed E-state index contributed by atoms with van der Waals surface area (Å²) in [7, 11) is 0. The second kappa shape index (κ2) is 8.49. The molecule has 4 N–H and O–H groups in total. The quantitative estimate of drug-likeness (QED) is 0.411. The summed E-state index contributed by atoms with van der Waals surface area (Å²) in [5.41, 5.74) is -2.58. The molecule has 0 aromatic heterocycles. The van der Waals surface area contributed by atoms with Crippen LogP contribution in [0.15, 0.2) is 0 Å². The van der Waals surface area contributed by atoms with Gasteiger partial charge in [0.05, 0.1) is 12.8 Å². The minimum absolute atomic E-state index is 0.309. The van der Waals surface area contributed by atoms with Gasteiger partial charge in [0.2, 0.25) is 5.91 Å². The number of carboxylic acid groups (broad SMARTS) is 2. The zero-order valence-corrected chi connectivity index (χ0v) is 11.8. The molecule has 20 heavy (non-hydrogen) atoms. The van der Waals surface area contributed by atoms with Crippen LogP contribution in [0, 0.1) is 0 Å². The van der Waals surface area contributed by atoms with Crippen molar-refractivity contribution < 1.29 is 29.7 Å². The molecule has 0 aromatic rings. The Hall–Kier alpha value is -1.67. The van der Waals surface area contributed by atoms with E-state index in [1.54, 1.807) is 0 Å². The molecule has 0 saturated heterocycles. The third kappa shape index (κ3) is 6.48. The van der Waals surface area contributed by atoms with Gasteiger partial charge in [-0.2, -0.15) is 0 Å². The SMILES string of the molecule is CCN(CC)CCNC(=O)CC(O)(CC(=O)O)C(=O)O. The topological polar surface area (TPSA) is 127 Å². The van der Waals surface area contributed by atoms with Crippen molar-refractivity contribution in [1.82, 2.24) is 10.2 Å². The molecular formula is C12H22N2O6. The summed E-state index contributed by atoms with van der Waals surface area (Å²) in [6, 6.07) is 0. The second-order valence-electron chi connectivity index (χ2n) is 4.46. The van der Waals surface area contributed by atoms with Crippen LogP contribution in [0.5, 0.6) is 0 Å². The molecule has 1 amide bonds. The number of rotatable bonds is 10. The lowest BCUT2D eigenvalue weighted by Gasteiger charge is -2.22. The van der Waals surface area contributed by atoms with Crippen LogP contribution >= 0.6 is 0 Å². The van der Waals surface area contributed by atoms with Gasteiger partial charge in [0.25, 0.3) is 0 Å². The average molecular weight is 290 g/mol. The van der Waals surface area contributed by atoms with Gasteiger partial charge in [-0.15, -0.1) is 0 Å². The molecular weight excluding hydrogens is 268 g/mol. The summed E-state index contributed by atoms with van der Waals surface area (Å²) in [6.45, 7) is 6.50. The Bertz CT molecular complexity index is 356. The number of aliphatic carboxylic acids is 2. The standard InChI is InChI=1S/C12H22N2O6/c1-3-14(4-2)6-5-13-9(15)7-12(20,11(18)19)8-10(16)17/h20H,3-8H2,1-2H3,(H,13,15)(H,16,17)(H,18,19). The number of carboxylic acids is 2. The smallest absolute Gasteiger partial charge is 0.336 e. The molecule has 0 aliphatic heterocycles. The molecule has 116 valence electrons. The minimum atomic E-state index is -2.58. The maximum Gasteiger partial charge on any atom is 0.336 e. The maximum absolute atomic E-state index is 11.6. The Kier molecular flexibility index (Phi) is 7.78. The van der Waals surface area contributed by atoms with Gasteiger partial charge in [0.1, 0.15) is 0 Å². The van der Waals surface area contributed by atoms with Gasteiger partial charge in [-0.05, 0) is 13.1 Å². The Morgan fingerprint density at radius 2 is 1.65 bits per heavy atom. The zero-order chi connectivity index (χ0) is 15.8. The molecule has 1 unspecified atom stereocenters. The maximum atomic E-state index is 11.6. The molecule has 0 radical (unpaired) electrons. The van der Waals surface area contributed by atoms with Gasteiger partial charge in [0, 0.05) is 13.1 Å². The van der Waals surface area contributed by atoms with Crippen LogP contribution in [-0.2, 0) is 14.4 Å². The molecule has 8 nitrogen and oxygen atoms in total. The fourth-order valence-electron chi connectivity index (χ4n) is 1.69. The van der Waals surface area contributed by atoms with E-state index in [1.165, 1.54) is 0 Å². The van der Waals surface area contributed by atoms with Crippen LogP contribution in [0.1, 0.15) is 26.7 Å². The Balaban J connectivity index is 4.34. The molecule has 1 atom stereocenters. The van der Waals surface area contributed by atoms with Crippen molar-refractivity contribution in [3.8, 4) is 0 Å². The van der Waals surface area contributed by atoms with Crippen molar-refractivity contribution in [3.63, 3.8) is 0 Å². The lowest BCUT2D eigenvalue weighted by Crippen LogP contribution is -2.46. The number of hydrogen-bond donors (Lipinski definition) is 4. The summed E-state index contributed by atoms with van der Waals surface area (Å²) >= 11 is 0. The van der Waals surface area contributed by atoms with E-state index in [2.05, 4.69) is 10.2 Å².